The summed E-state index contributed by atoms with van der Waals surface area (Å²) in [6, 6.07) is 0. The summed E-state index contributed by atoms with van der Waals surface area (Å²) in [6.45, 7) is 11.9. The largest absolute Gasteiger partial charge is 4.00 e. The summed E-state index contributed by atoms with van der Waals surface area (Å²) in [7, 11) is 0. The molecule has 0 saturated heterocycles. The van der Waals surface area contributed by atoms with Crippen molar-refractivity contribution in [1.29, 1.82) is 0 Å². The van der Waals surface area contributed by atoms with Crippen molar-refractivity contribution in [3.8, 4) is 0 Å². The topological polar surface area (TPSA) is 6.48 Å². The molecule has 0 unspecified atom stereocenters. The first-order valence-electron chi connectivity index (χ1n) is 5.36. The van der Waals surface area contributed by atoms with Gasteiger partial charge in [0.1, 0.15) is 0 Å². The van der Waals surface area contributed by atoms with Crippen LogP contribution in [0.4, 0.5) is 0 Å². The summed E-state index contributed by atoms with van der Waals surface area (Å²) in [5, 5.41) is 0. The van der Waals surface area contributed by atoms with Crippen LogP contribution >= 0.6 is 24.4 Å². The molecule has 0 aromatic rings. The number of rotatable bonds is 4. The Balaban J connectivity index is -0.0000000980. The van der Waals surface area contributed by atoms with Crippen LogP contribution in [0.3, 0.4) is 0 Å². The SMILES string of the molecule is CCN(CC)C(=S)[S-].CCN(CC)C(=S)[S-].[Cl-].[Sn+4]. The van der Waals surface area contributed by atoms with E-state index in [0.29, 0.717) is 8.64 Å². The van der Waals surface area contributed by atoms with E-state index in [9.17, 15) is 0 Å². The van der Waals surface area contributed by atoms with E-state index in [1.807, 2.05) is 37.5 Å². The normalized spacial score (nSPS) is 7.78. The van der Waals surface area contributed by atoms with Gasteiger partial charge in [0.05, 0.1) is 0 Å². The predicted octanol–water partition coefficient (Wildman–Crippen LogP) is -1.06. The van der Waals surface area contributed by atoms with Gasteiger partial charge in [0.15, 0.2) is 0 Å². The van der Waals surface area contributed by atoms with E-state index in [4.69, 9.17) is 49.7 Å². The molecule has 2 nitrogen and oxygen atoms in total. The van der Waals surface area contributed by atoms with Crippen molar-refractivity contribution in [2.45, 2.75) is 27.7 Å². The minimum absolute atomic E-state index is 0. The summed E-state index contributed by atoms with van der Waals surface area (Å²) < 4.78 is 1.16. The van der Waals surface area contributed by atoms with Gasteiger partial charge in [0.2, 0.25) is 0 Å². The molecule has 8 heteroatoms. The standard InChI is InChI=1S/2C5H11NS2.ClH.Sn/c2*1-3-6(4-2)5(7)8;;/h2*3-4H2,1-2H3,(H,7,8);1H;/q;;;+4/p-3. The van der Waals surface area contributed by atoms with Crippen LogP contribution in [0, 0.1) is 0 Å². The first-order valence-corrected chi connectivity index (χ1v) is 6.99. The van der Waals surface area contributed by atoms with Gasteiger partial charge in [-0.15, -0.1) is 0 Å². The number of halogens is 1. The van der Waals surface area contributed by atoms with Gasteiger partial charge in [-0.25, -0.2) is 0 Å². The molecule has 0 spiro atoms. The van der Waals surface area contributed by atoms with Crippen LogP contribution in [0.5, 0.6) is 0 Å². The fourth-order valence-corrected chi connectivity index (χ4v) is 2.00. The predicted molar refractivity (Wildman–Crippen MR) is 91.5 cm³/mol. The third-order valence-electron chi connectivity index (χ3n) is 2.04. The van der Waals surface area contributed by atoms with Crippen molar-refractivity contribution in [2.75, 3.05) is 26.2 Å². The maximum Gasteiger partial charge on any atom is 4.00 e. The van der Waals surface area contributed by atoms with Crippen LogP contribution < -0.4 is 12.4 Å². The quantitative estimate of drug-likeness (QED) is 0.304. The second-order valence-electron chi connectivity index (χ2n) is 2.88. The van der Waals surface area contributed by atoms with Crippen LogP contribution in [-0.2, 0) is 25.3 Å². The molecule has 0 bridgehead atoms. The molecule has 0 atom stereocenters. The van der Waals surface area contributed by atoms with Gasteiger partial charge in [-0.1, -0.05) is 8.64 Å². The first kappa shape index (κ1) is 27.6. The van der Waals surface area contributed by atoms with Gasteiger partial charge in [0.25, 0.3) is 0 Å². The Bertz CT molecular complexity index is 190. The Hall–Kier alpha value is 1.31. The van der Waals surface area contributed by atoms with Crippen molar-refractivity contribution in [1.82, 2.24) is 9.80 Å². The van der Waals surface area contributed by atoms with Gasteiger partial charge < -0.3 is 71.9 Å². The summed E-state index contributed by atoms with van der Waals surface area (Å²) in [4.78, 5) is 3.93. The van der Waals surface area contributed by atoms with Gasteiger partial charge >= 0.3 is 23.9 Å². The number of nitrogens with zero attached hydrogens (tertiary/aromatic N) is 2. The third kappa shape index (κ3) is 15.4. The summed E-state index contributed by atoms with van der Waals surface area (Å²) in [5.41, 5.74) is 0. The molecular weight excluding hydrogens is 431 g/mol. The smallest absolute Gasteiger partial charge is 1.00 e. The molecule has 0 aromatic heterocycles. The minimum Gasteiger partial charge on any atom is -1.00 e. The van der Waals surface area contributed by atoms with E-state index in [0.717, 1.165) is 26.2 Å². The van der Waals surface area contributed by atoms with Crippen molar-refractivity contribution >= 4 is 82.2 Å². The number of hydrogen-bond acceptors (Lipinski definition) is 4. The monoisotopic (exact) mass is 451 g/mol. The zero-order valence-corrected chi connectivity index (χ0v) is 18.1. The molecule has 0 saturated carbocycles. The average molecular weight is 451 g/mol. The van der Waals surface area contributed by atoms with Gasteiger partial charge in [-0.2, -0.15) is 0 Å². The van der Waals surface area contributed by atoms with E-state index in [1.165, 1.54) is 0 Å². The van der Waals surface area contributed by atoms with E-state index in [1.54, 1.807) is 0 Å². The molecule has 0 fully saturated rings. The van der Waals surface area contributed by atoms with Crippen molar-refractivity contribution < 1.29 is 12.4 Å². The molecule has 0 radical (unpaired) electrons. The molecule has 104 valence electrons. The molecule has 0 N–H and O–H groups in total. The molecule has 0 aromatic carbocycles. The average Bonchev–Trinajstić information content (AvgIpc) is 2.21. The maximum absolute atomic E-state index is 4.76. The molecule has 0 amide bonds. The van der Waals surface area contributed by atoms with E-state index in [2.05, 4.69) is 0 Å². The molecule has 0 aliphatic carbocycles. The summed E-state index contributed by atoms with van der Waals surface area (Å²) in [5.74, 6) is 0. The molecule has 18 heavy (non-hydrogen) atoms. The summed E-state index contributed by atoms with van der Waals surface area (Å²) in [6.07, 6.45) is 0. The summed E-state index contributed by atoms with van der Waals surface area (Å²) >= 11 is 19.0. The zero-order valence-electron chi connectivity index (χ0n) is 11.2. The number of thiocarbonyl (C=S) groups is 2. The molecule has 0 aliphatic rings. The fraction of sp³-hybridized carbons (Fsp3) is 0.800. The Labute approximate surface area is 157 Å². The molecule has 0 aliphatic heterocycles. The Kier molecular flexibility index (Phi) is 28.1. The van der Waals surface area contributed by atoms with Gasteiger partial charge in [-0.3, -0.25) is 0 Å². The van der Waals surface area contributed by atoms with E-state index in [-0.39, 0.29) is 36.3 Å². The maximum atomic E-state index is 4.76. The van der Waals surface area contributed by atoms with Crippen molar-refractivity contribution in [3.63, 3.8) is 0 Å². The van der Waals surface area contributed by atoms with Crippen LogP contribution in [-0.4, -0.2) is 68.5 Å². The zero-order chi connectivity index (χ0) is 13.1. The van der Waals surface area contributed by atoms with Crippen LogP contribution in [0.2, 0.25) is 0 Å². The molecule has 0 rings (SSSR count). The van der Waals surface area contributed by atoms with E-state index >= 15 is 0 Å². The third-order valence-corrected chi connectivity index (χ3v) is 3.08. The number of hydrogen-bond donors (Lipinski definition) is 0. The minimum atomic E-state index is 0. The molecule has 0 heterocycles. The van der Waals surface area contributed by atoms with Crippen LogP contribution in [0.25, 0.3) is 0 Å². The van der Waals surface area contributed by atoms with Crippen molar-refractivity contribution in [2.24, 2.45) is 0 Å². The van der Waals surface area contributed by atoms with E-state index < -0.39 is 0 Å². The van der Waals surface area contributed by atoms with Crippen LogP contribution in [0.15, 0.2) is 0 Å². The first-order chi connectivity index (χ1) is 7.44. The Morgan fingerprint density at radius 3 is 0.944 bits per heavy atom. The second kappa shape index (κ2) is 18.3. The van der Waals surface area contributed by atoms with Gasteiger partial charge in [0, 0.05) is 26.2 Å². The fourth-order valence-electron chi connectivity index (χ4n) is 0.964. The molecular formula is C10H20ClN2S4Sn+. The Morgan fingerprint density at radius 2 is 0.944 bits per heavy atom. The van der Waals surface area contributed by atoms with Gasteiger partial charge in [-0.05, 0) is 27.7 Å². The Morgan fingerprint density at radius 1 is 0.778 bits per heavy atom. The van der Waals surface area contributed by atoms with Crippen molar-refractivity contribution in [3.05, 3.63) is 0 Å². The van der Waals surface area contributed by atoms with Crippen LogP contribution in [0.1, 0.15) is 27.7 Å². The second-order valence-corrected chi connectivity index (χ2v) is 4.94.